The first-order chi connectivity index (χ1) is 5.37. The van der Waals surface area contributed by atoms with Crippen molar-refractivity contribution in [3.8, 4) is 0 Å². The number of hydrogen-bond acceptors (Lipinski definition) is 1. The summed E-state index contributed by atoms with van der Waals surface area (Å²) in [6, 6.07) is 0. The number of guanidine groups is 1. The van der Waals surface area contributed by atoms with Gasteiger partial charge >= 0.3 is 0 Å². The predicted octanol–water partition coefficient (Wildman–Crippen LogP) is 0.0785. The summed E-state index contributed by atoms with van der Waals surface area (Å²) in [6.45, 7) is 6.12. The summed E-state index contributed by atoms with van der Waals surface area (Å²) >= 11 is 0. The van der Waals surface area contributed by atoms with Gasteiger partial charge in [-0.15, -0.1) is 0 Å². The van der Waals surface area contributed by atoms with Crippen molar-refractivity contribution >= 4 is 11.9 Å². The van der Waals surface area contributed by atoms with Crippen LogP contribution in [0.3, 0.4) is 0 Å². The SMILES string of the molecule is C[C@@H]1C(C(=O)N=C(N)N)C1(C)C. The number of hydrogen-bond donors (Lipinski definition) is 2. The third-order valence-corrected chi connectivity index (χ3v) is 2.87. The second-order valence-electron chi connectivity index (χ2n) is 3.96. The van der Waals surface area contributed by atoms with Crippen LogP contribution >= 0.6 is 0 Å². The predicted molar refractivity (Wildman–Crippen MR) is 47.3 cm³/mol. The third kappa shape index (κ3) is 1.29. The fourth-order valence-corrected chi connectivity index (χ4v) is 1.62. The smallest absolute Gasteiger partial charge is 0.252 e. The van der Waals surface area contributed by atoms with Crippen molar-refractivity contribution in [3.63, 3.8) is 0 Å². The molecule has 1 fully saturated rings. The van der Waals surface area contributed by atoms with Crippen molar-refractivity contribution in [2.45, 2.75) is 20.8 Å². The number of nitrogens with two attached hydrogens (primary N) is 2. The maximum atomic E-state index is 11.3. The first kappa shape index (κ1) is 9.03. The number of aliphatic imine (C=N–C) groups is 1. The zero-order chi connectivity index (χ0) is 9.52. The van der Waals surface area contributed by atoms with Gasteiger partial charge in [0.1, 0.15) is 0 Å². The van der Waals surface area contributed by atoms with Crippen LogP contribution in [0, 0.1) is 17.3 Å². The van der Waals surface area contributed by atoms with Crippen LogP contribution in [0.4, 0.5) is 0 Å². The van der Waals surface area contributed by atoms with Crippen LogP contribution in [-0.4, -0.2) is 11.9 Å². The summed E-state index contributed by atoms with van der Waals surface area (Å²) in [4.78, 5) is 14.8. The molecule has 0 aliphatic heterocycles. The number of rotatable bonds is 1. The summed E-state index contributed by atoms with van der Waals surface area (Å²) < 4.78 is 0. The van der Waals surface area contributed by atoms with E-state index in [2.05, 4.69) is 4.99 Å². The Labute approximate surface area is 72.0 Å². The fourth-order valence-electron chi connectivity index (χ4n) is 1.62. The highest BCUT2D eigenvalue weighted by atomic mass is 16.1. The highest BCUT2D eigenvalue weighted by Crippen LogP contribution is 2.58. The molecule has 1 saturated carbocycles. The lowest BCUT2D eigenvalue weighted by Gasteiger charge is -1.97. The molecule has 4 N–H and O–H groups in total. The molecule has 68 valence electrons. The lowest BCUT2D eigenvalue weighted by Crippen LogP contribution is -2.25. The number of carbonyl (C=O) groups excluding carboxylic acids is 1. The van der Waals surface area contributed by atoms with Gasteiger partial charge in [-0.2, -0.15) is 4.99 Å². The van der Waals surface area contributed by atoms with Crippen molar-refractivity contribution < 1.29 is 4.79 Å². The highest BCUT2D eigenvalue weighted by Gasteiger charge is 2.58. The quantitative estimate of drug-likeness (QED) is 0.431. The second kappa shape index (κ2) is 2.47. The largest absolute Gasteiger partial charge is 0.370 e. The van der Waals surface area contributed by atoms with E-state index in [1.165, 1.54) is 0 Å². The first-order valence-corrected chi connectivity index (χ1v) is 4.01. The Hall–Kier alpha value is -1.06. The van der Waals surface area contributed by atoms with Gasteiger partial charge in [-0.05, 0) is 11.3 Å². The monoisotopic (exact) mass is 169 g/mol. The van der Waals surface area contributed by atoms with Gasteiger partial charge in [0.05, 0.1) is 0 Å². The molecule has 0 aromatic carbocycles. The highest BCUT2D eigenvalue weighted by molar-refractivity contribution is 5.94. The van der Waals surface area contributed by atoms with Crippen LogP contribution in [0.25, 0.3) is 0 Å². The van der Waals surface area contributed by atoms with E-state index in [4.69, 9.17) is 11.5 Å². The molecule has 0 saturated heterocycles. The van der Waals surface area contributed by atoms with E-state index in [1.807, 2.05) is 20.8 Å². The molecule has 1 amide bonds. The van der Waals surface area contributed by atoms with E-state index in [0.717, 1.165) is 0 Å². The van der Waals surface area contributed by atoms with Crippen LogP contribution in [0.2, 0.25) is 0 Å². The van der Waals surface area contributed by atoms with Crippen molar-refractivity contribution in [2.24, 2.45) is 33.7 Å². The Bertz CT molecular complexity index is 241. The topological polar surface area (TPSA) is 81.5 Å². The van der Waals surface area contributed by atoms with Crippen LogP contribution in [-0.2, 0) is 4.79 Å². The molecule has 1 aliphatic rings. The van der Waals surface area contributed by atoms with Crippen LogP contribution < -0.4 is 11.5 Å². The molecule has 4 heteroatoms. The maximum absolute atomic E-state index is 11.3. The first-order valence-electron chi connectivity index (χ1n) is 4.01. The molecule has 0 bridgehead atoms. The van der Waals surface area contributed by atoms with Gasteiger partial charge in [0.2, 0.25) is 0 Å². The van der Waals surface area contributed by atoms with E-state index in [1.54, 1.807) is 0 Å². The normalized spacial score (nSPS) is 30.9. The fraction of sp³-hybridized carbons (Fsp3) is 0.750. The van der Waals surface area contributed by atoms with Crippen LogP contribution in [0.1, 0.15) is 20.8 Å². The van der Waals surface area contributed by atoms with Gasteiger partial charge in [0.15, 0.2) is 5.96 Å². The number of carbonyl (C=O) groups is 1. The van der Waals surface area contributed by atoms with E-state index in [0.29, 0.717) is 5.92 Å². The second-order valence-corrected chi connectivity index (χ2v) is 3.96. The summed E-state index contributed by atoms with van der Waals surface area (Å²) in [5.74, 6) is 0.0510. The number of amides is 1. The minimum atomic E-state index is -0.187. The number of nitrogens with zero attached hydrogens (tertiary/aromatic N) is 1. The van der Waals surface area contributed by atoms with Gasteiger partial charge in [-0.1, -0.05) is 20.8 Å². The molecule has 1 rings (SSSR count). The Morgan fingerprint density at radius 2 is 1.83 bits per heavy atom. The molecule has 4 nitrogen and oxygen atoms in total. The molecule has 1 aliphatic carbocycles. The molecule has 0 heterocycles. The van der Waals surface area contributed by atoms with Crippen molar-refractivity contribution in [3.05, 3.63) is 0 Å². The summed E-state index contributed by atoms with van der Waals surface area (Å²) in [5, 5.41) is 0. The lowest BCUT2D eigenvalue weighted by atomic mass is 10.1. The van der Waals surface area contributed by atoms with Crippen LogP contribution in [0.5, 0.6) is 0 Å². The van der Waals surface area contributed by atoms with Gasteiger partial charge in [0.25, 0.3) is 5.91 Å². The van der Waals surface area contributed by atoms with Gasteiger partial charge in [-0.25, -0.2) is 0 Å². The van der Waals surface area contributed by atoms with Crippen molar-refractivity contribution in [1.82, 2.24) is 0 Å². The molecular weight excluding hydrogens is 154 g/mol. The summed E-state index contributed by atoms with van der Waals surface area (Å²) in [7, 11) is 0. The molecule has 1 unspecified atom stereocenters. The van der Waals surface area contributed by atoms with Crippen molar-refractivity contribution in [1.29, 1.82) is 0 Å². The molecular formula is C8H15N3O. The molecule has 0 radical (unpaired) electrons. The molecule has 0 aromatic heterocycles. The average Bonchev–Trinajstić information content (AvgIpc) is 2.30. The Morgan fingerprint density at radius 3 is 2.08 bits per heavy atom. The Morgan fingerprint density at radius 1 is 1.42 bits per heavy atom. The lowest BCUT2D eigenvalue weighted by molar-refractivity contribution is -0.119. The van der Waals surface area contributed by atoms with E-state index in [-0.39, 0.29) is 23.2 Å². The summed E-state index contributed by atoms with van der Waals surface area (Å²) in [6.07, 6.45) is 0. The van der Waals surface area contributed by atoms with Gasteiger partial charge < -0.3 is 11.5 Å². The standard InChI is InChI=1S/C8H15N3O/c1-4-5(8(4,2)3)6(12)11-7(9)10/h4-5H,1-3H3,(H4,9,10,11,12)/t4-,5?/m1/s1. The van der Waals surface area contributed by atoms with E-state index in [9.17, 15) is 4.79 Å². The van der Waals surface area contributed by atoms with Gasteiger partial charge in [-0.3, -0.25) is 4.79 Å². The molecule has 12 heavy (non-hydrogen) atoms. The molecule has 0 aromatic rings. The van der Waals surface area contributed by atoms with E-state index < -0.39 is 0 Å². The third-order valence-electron chi connectivity index (χ3n) is 2.87. The van der Waals surface area contributed by atoms with E-state index >= 15 is 0 Å². The summed E-state index contributed by atoms with van der Waals surface area (Å²) in [5.41, 5.74) is 10.3. The zero-order valence-corrected chi connectivity index (χ0v) is 7.66. The molecule has 0 spiro atoms. The maximum Gasteiger partial charge on any atom is 0.252 e. The molecule has 2 atom stereocenters. The van der Waals surface area contributed by atoms with Crippen molar-refractivity contribution in [2.75, 3.05) is 0 Å². The zero-order valence-electron chi connectivity index (χ0n) is 7.66. The average molecular weight is 169 g/mol. The minimum absolute atomic E-state index is 0.000370. The minimum Gasteiger partial charge on any atom is -0.370 e. The van der Waals surface area contributed by atoms with Gasteiger partial charge in [0, 0.05) is 5.92 Å². The van der Waals surface area contributed by atoms with Crippen LogP contribution in [0.15, 0.2) is 4.99 Å². The Kier molecular flexibility index (Phi) is 1.86. The Balaban J connectivity index is 2.65.